The van der Waals surface area contributed by atoms with Crippen molar-refractivity contribution in [3.8, 4) is 0 Å². The van der Waals surface area contributed by atoms with Crippen molar-refractivity contribution in [3.63, 3.8) is 0 Å². The zero-order chi connectivity index (χ0) is 44.8. The van der Waals surface area contributed by atoms with E-state index in [0.717, 1.165) is 51.4 Å². The van der Waals surface area contributed by atoms with Crippen molar-refractivity contribution < 1.29 is 37.6 Å². The zero-order valence-corrected chi connectivity index (χ0v) is 40.2. The summed E-state index contributed by atoms with van der Waals surface area (Å²) in [6.45, 7) is 4.14. The molecule has 0 rings (SSSR count). The molecule has 0 saturated heterocycles. The molecular weight excluding hydrogens is 786 g/mol. The van der Waals surface area contributed by atoms with Gasteiger partial charge in [-0.25, -0.2) is 4.57 Å². The highest BCUT2D eigenvalue weighted by molar-refractivity contribution is 7.47. The highest BCUT2D eigenvalue weighted by Crippen LogP contribution is 2.43. The second kappa shape index (κ2) is 45.5. The Morgan fingerprint density at radius 2 is 0.951 bits per heavy atom. The third-order valence-electron chi connectivity index (χ3n) is 10.00. The number of phosphoric ester groups is 1. The first-order chi connectivity index (χ1) is 29.7. The minimum Gasteiger partial charge on any atom is -0.462 e. The van der Waals surface area contributed by atoms with Crippen LogP contribution in [0.4, 0.5) is 0 Å². The molecule has 0 amide bonds. The number of carbonyl (C=O) groups excluding carboxylic acids is 2. The van der Waals surface area contributed by atoms with E-state index in [4.69, 9.17) is 18.5 Å². The number of allylic oxidation sites excluding steroid dienone is 12. The average molecular weight is 876 g/mol. The molecule has 0 aliphatic heterocycles. The summed E-state index contributed by atoms with van der Waals surface area (Å²) in [4.78, 5) is 37.1. The van der Waals surface area contributed by atoms with Gasteiger partial charge in [0.1, 0.15) is 6.61 Å². The molecule has 0 aromatic carbocycles. The Bertz CT molecular complexity index is 1240. The van der Waals surface area contributed by atoms with Crippen molar-refractivity contribution in [3.05, 3.63) is 72.9 Å². The maximum absolute atomic E-state index is 12.7. The van der Waals surface area contributed by atoms with Crippen LogP contribution in [0.25, 0.3) is 0 Å². The van der Waals surface area contributed by atoms with E-state index in [1.54, 1.807) is 0 Å². The number of carbonyl (C=O) groups is 2. The molecule has 0 saturated carbocycles. The number of likely N-dealkylation sites (N-methyl/N-ethyl adjacent to an activating group) is 1. The van der Waals surface area contributed by atoms with Crippen LogP contribution in [-0.2, 0) is 32.7 Å². The van der Waals surface area contributed by atoms with Crippen LogP contribution in [0.2, 0.25) is 0 Å². The van der Waals surface area contributed by atoms with Gasteiger partial charge >= 0.3 is 19.8 Å². The van der Waals surface area contributed by atoms with E-state index in [1.165, 1.54) is 103 Å². The van der Waals surface area contributed by atoms with E-state index in [2.05, 4.69) is 80.7 Å². The highest BCUT2D eigenvalue weighted by atomic mass is 31.2. The maximum Gasteiger partial charge on any atom is 0.472 e. The Morgan fingerprint density at radius 3 is 1.46 bits per heavy atom. The zero-order valence-electron chi connectivity index (χ0n) is 39.3. The molecule has 352 valence electrons. The molecule has 9 nitrogen and oxygen atoms in total. The Morgan fingerprint density at radius 1 is 0.525 bits per heavy atom. The van der Waals surface area contributed by atoms with Crippen LogP contribution in [0.1, 0.15) is 194 Å². The molecule has 0 fully saturated rings. The number of rotatable bonds is 44. The van der Waals surface area contributed by atoms with Gasteiger partial charge in [0.15, 0.2) is 6.10 Å². The van der Waals surface area contributed by atoms with Crippen molar-refractivity contribution in [2.45, 2.75) is 200 Å². The van der Waals surface area contributed by atoms with Crippen molar-refractivity contribution in [1.29, 1.82) is 0 Å². The average Bonchev–Trinajstić information content (AvgIpc) is 3.23. The van der Waals surface area contributed by atoms with Gasteiger partial charge in [-0.15, -0.1) is 0 Å². The van der Waals surface area contributed by atoms with Crippen LogP contribution in [0.5, 0.6) is 0 Å². The van der Waals surface area contributed by atoms with Gasteiger partial charge in [0.2, 0.25) is 0 Å². The second-order valence-corrected chi connectivity index (χ2v) is 17.7. The molecule has 0 spiro atoms. The van der Waals surface area contributed by atoms with Gasteiger partial charge in [-0.3, -0.25) is 18.6 Å². The maximum atomic E-state index is 12.7. The van der Waals surface area contributed by atoms with Crippen molar-refractivity contribution >= 4 is 19.8 Å². The smallest absolute Gasteiger partial charge is 0.462 e. The van der Waals surface area contributed by atoms with E-state index in [1.807, 2.05) is 25.1 Å². The number of hydrogen-bond acceptors (Lipinski definition) is 8. The standard InChI is InChI=1S/C51H90NO8P/c1-5-7-9-11-13-15-17-19-21-23-24-25-26-28-29-31-33-35-37-39-41-43-50(53)57-47-49(48-59-61(55,56)58-46-45-52(3)4)60-51(54)44-42-40-38-36-34-32-30-27-22-20-18-16-14-12-10-8-6-2/h8,10,14,16,19-22,30,32,36,38,49H,5-7,9,11-13,15,17-18,23-29,31,33-35,37,39-48H2,1-4H3,(H,55,56)/b10-8-,16-14-,21-19-,22-20-,32-30-,38-36-. The van der Waals surface area contributed by atoms with Crippen LogP contribution in [0.3, 0.4) is 0 Å². The summed E-state index contributed by atoms with van der Waals surface area (Å²) in [5.74, 6) is -0.873. The predicted octanol–water partition coefficient (Wildman–Crippen LogP) is 14.4. The first-order valence-electron chi connectivity index (χ1n) is 24.2. The molecule has 0 aliphatic carbocycles. The van der Waals surface area contributed by atoms with Crippen molar-refractivity contribution in [2.75, 3.05) is 40.5 Å². The van der Waals surface area contributed by atoms with Gasteiger partial charge in [-0.2, -0.15) is 0 Å². The lowest BCUT2D eigenvalue weighted by atomic mass is 10.0. The Labute approximate surface area is 374 Å². The Kier molecular flexibility index (Phi) is 43.6. The quantitative estimate of drug-likeness (QED) is 0.0277. The lowest BCUT2D eigenvalue weighted by molar-refractivity contribution is -0.161. The minimum atomic E-state index is -4.38. The Balaban J connectivity index is 4.28. The normalized spacial score (nSPS) is 13.9. The van der Waals surface area contributed by atoms with E-state index in [0.29, 0.717) is 19.4 Å². The number of nitrogens with zero attached hydrogens (tertiary/aromatic N) is 1. The summed E-state index contributed by atoms with van der Waals surface area (Å²) >= 11 is 0. The van der Waals surface area contributed by atoms with E-state index < -0.39 is 26.5 Å². The fourth-order valence-corrected chi connectivity index (χ4v) is 7.05. The summed E-state index contributed by atoms with van der Waals surface area (Å²) in [7, 11) is -0.748. The summed E-state index contributed by atoms with van der Waals surface area (Å²) < 4.78 is 33.5. The number of ether oxygens (including phenoxy) is 2. The number of esters is 2. The molecular formula is C51H90NO8P. The fourth-order valence-electron chi connectivity index (χ4n) is 6.31. The first kappa shape index (κ1) is 58.5. The van der Waals surface area contributed by atoms with Gasteiger partial charge in [-0.05, 0) is 91.1 Å². The number of phosphoric acid groups is 1. The SMILES string of the molecule is CC/C=C\C/C=C\C/C=C\C/C=C\C/C=C\CCCC(=O)OC(COC(=O)CCCCCCCCCCCCC/C=C\CCCCCCCC)COP(=O)(O)OCCN(C)C. The molecule has 0 aromatic heterocycles. The topological polar surface area (TPSA) is 112 Å². The number of unbranched alkanes of at least 4 members (excludes halogenated alkanes) is 18. The number of hydrogen-bond donors (Lipinski definition) is 1. The molecule has 0 radical (unpaired) electrons. The molecule has 0 aliphatic rings. The first-order valence-corrected chi connectivity index (χ1v) is 25.7. The second-order valence-electron chi connectivity index (χ2n) is 16.3. The molecule has 1 N–H and O–H groups in total. The van der Waals surface area contributed by atoms with Crippen LogP contribution in [0, 0.1) is 0 Å². The van der Waals surface area contributed by atoms with Crippen LogP contribution < -0.4 is 0 Å². The molecule has 2 unspecified atom stereocenters. The summed E-state index contributed by atoms with van der Waals surface area (Å²) in [5.41, 5.74) is 0. The van der Waals surface area contributed by atoms with Crippen molar-refractivity contribution in [2.24, 2.45) is 0 Å². The molecule has 0 heterocycles. The fraction of sp³-hybridized carbons (Fsp3) is 0.725. The minimum absolute atomic E-state index is 0.00625. The summed E-state index contributed by atoms with van der Waals surface area (Å²) in [6.07, 6.45) is 55.3. The molecule has 2 atom stereocenters. The van der Waals surface area contributed by atoms with Crippen LogP contribution in [0.15, 0.2) is 72.9 Å². The third kappa shape index (κ3) is 46.8. The van der Waals surface area contributed by atoms with Crippen molar-refractivity contribution in [1.82, 2.24) is 4.90 Å². The molecule has 0 aromatic rings. The van der Waals surface area contributed by atoms with Gasteiger partial charge in [-0.1, -0.05) is 177 Å². The van der Waals surface area contributed by atoms with E-state index in [9.17, 15) is 19.0 Å². The van der Waals surface area contributed by atoms with E-state index in [-0.39, 0.29) is 32.0 Å². The molecule has 0 bridgehead atoms. The van der Waals surface area contributed by atoms with Gasteiger partial charge in [0.25, 0.3) is 0 Å². The summed E-state index contributed by atoms with van der Waals surface area (Å²) in [5, 5.41) is 0. The molecule has 61 heavy (non-hydrogen) atoms. The third-order valence-corrected chi connectivity index (χ3v) is 11.0. The van der Waals surface area contributed by atoms with Gasteiger partial charge in [0, 0.05) is 19.4 Å². The lowest BCUT2D eigenvalue weighted by Crippen LogP contribution is -2.29. The van der Waals surface area contributed by atoms with Gasteiger partial charge < -0.3 is 19.3 Å². The monoisotopic (exact) mass is 876 g/mol. The van der Waals surface area contributed by atoms with Crippen LogP contribution >= 0.6 is 7.82 Å². The van der Waals surface area contributed by atoms with Gasteiger partial charge in [0.05, 0.1) is 13.2 Å². The summed E-state index contributed by atoms with van der Waals surface area (Å²) in [6, 6.07) is 0. The molecule has 10 heteroatoms. The predicted molar refractivity (Wildman–Crippen MR) is 257 cm³/mol. The largest absolute Gasteiger partial charge is 0.472 e. The lowest BCUT2D eigenvalue weighted by Gasteiger charge is -2.20. The van der Waals surface area contributed by atoms with E-state index >= 15 is 0 Å². The Hall–Kier alpha value is -2.55. The highest BCUT2D eigenvalue weighted by Gasteiger charge is 2.26. The van der Waals surface area contributed by atoms with Crippen LogP contribution in [-0.4, -0.2) is 68.3 Å².